The fourth-order valence-electron chi connectivity index (χ4n) is 3.86. The van der Waals surface area contributed by atoms with Crippen LogP contribution in [0.2, 0.25) is 0 Å². The molecule has 2 saturated heterocycles. The molecule has 23 heavy (non-hydrogen) atoms. The Morgan fingerprint density at radius 2 is 1.83 bits per heavy atom. The average molecular weight is 359 g/mol. The summed E-state index contributed by atoms with van der Waals surface area (Å²) >= 11 is 0. The molecule has 3 rings (SSSR count). The second-order valence-electron chi connectivity index (χ2n) is 6.71. The monoisotopic (exact) mass is 358 g/mol. The van der Waals surface area contributed by atoms with Crippen LogP contribution in [-0.4, -0.2) is 38.4 Å². The number of aryl methyl sites for hydroxylation is 2. The van der Waals surface area contributed by atoms with Crippen LogP contribution in [0.25, 0.3) is 0 Å². The van der Waals surface area contributed by atoms with Crippen LogP contribution in [0.1, 0.15) is 36.8 Å². The molecule has 1 aromatic carbocycles. The summed E-state index contributed by atoms with van der Waals surface area (Å²) in [5.41, 5.74) is 1.95. The molecular weight excluding hydrogens is 332 g/mol. The largest absolute Gasteiger partial charge is 0.314 e. The highest BCUT2D eigenvalue weighted by molar-refractivity contribution is 7.89. The first kappa shape index (κ1) is 18.7. The van der Waals surface area contributed by atoms with Gasteiger partial charge in [0.2, 0.25) is 10.0 Å². The number of sulfonamides is 1. The van der Waals surface area contributed by atoms with Gasteiger partial charge in [-0.2, -0.15) is 4.31 Å². The van der Waals surface area contributed by atoms with Gasteiger partial charge in [0.15, 0.2) is 0 Å². The van der Waals surface area contributed by atoms with Crippen molar-refractivity contribution in [2.45, 2.75) is 50.5 Å². The maximum absolute atomic E-state index is 12.9. The van der Waals surface area contributed by atoms with Gasteiger partial charge in [-0.15, -0.1) is 12.4 Å². The molecule has 2 aliphatic rings. The van der Waals surface area contributed by atoms with E-state index in [0.717, 1.165) is 30.5 Å². The van der Waals surface area contributed by atoms with Gasteiger partial charge in [-0.3, -0.25) is 0 Å². The number of nitrogens with one attached hydrogen (secondary N) is 1. The number of rotatable bonds is 3. The standard InChI is InChI=1S/C17H26N2O2S.ClH/c1-13-5-6-17(14(2)12-13)22(20,21)19-10-7-15(8-11-19)16-4-3-9-18-16;/h5-6,12,15-16,18H,3-4,7-11H2,1-2H3;1H. The van der Waals surface area contributed by atoms with Crippen molar-refractivity contribution >= 4 is 22.4 Å². The van der Waals surface area contributed by atoms with E-state index in [1.807, 2.05) is 26.0 Å². The Hall–Kier alpha value is -0.620. The second-order valence-corrected chi connectivity index (χ2v) is 8.62. The van der Waals surface area contributed by atoms with E-state index in [1.54, 1.807) is 10.4 Å². The van der Waals surface area contributed by atoms with E-state index in [9.17, 15) is 8.42 Å². The quantitative estimate of drug-likeness (QED) is 0.903. The zero-order valence-electron chi connectivity index (χ0n) is 13.9. The summed E-state index contributed by atoms with van der Waals surface area (Å²) in [6, 6.07) is 6.19. The summed E-state index contributed by atoms with van der Waals surface area (Å²) in [5, 5.41) is 3.56. The van der Waals surface area contributed by atoms with Crippen molar-refractivity contribution in [3.05, 3.63) is 29.3 Å². The third-order valence-electron chi connectivity index (χ3n) is 5.11. The predicted molar refractivity (Wildman–Crippen MR) is 95.7 cm³/mol. The lowest BCUT2D eigenvalue weighted by Crippen LogP contribution is -2.43. The molecule has 2 fully saturated rings. The first-order valence-electron chi connectivity index (χ1n) is 8.29. The van der Waals surface area contributed by atoms with Crippen molar-refractivity contribution in [2.24, 2.45) is 5.92 Å². The molecule has 0 saturated carbocycles. The molecule has 0 aliphatic carbocycles. The summed E-state index contributed by atoms with van der Waals surface area (Å²) in [5.74, 6) is 0.632. The molecule has 0 amide bonds. The Balaban J connectivity index is 0.00000192. The number of nitrogens with zero attached hydrogens (tertiary/aromatic N) is 1. The van der Waals surface area contributed by atoms with Gasteiger partial charge in [0, 0.05) is 19.1 Å². The fraction of sp³-hybridized carbons (Fsp3) is 0.647. The fourth-order valence-corrected chi connectivity index (χ4v) is 5.54. The first-order valence-corrected chi connectivity index (χ1v) is 9.73. The minimum absolute atomic E-state index is 0. The van der Waals surface area contributed by atoms with E-state index in [4.69, 9.17) is 0 Å². The molecule has 1 unspecified atom stereocenters. The lowest BCUT2D eigenvalue weighted by molar-refractivity contribution is 0.234. The number of halogens is 1. The summed E-state index contributed by atoms with van der Waals surface area (Å²) in [6.07, 6.45) is 4.45. The zero-order chi connectivity index (χ0) is 15.7. The summed E-state index contributed by atoms with van der Waals surface area (Å²) in [6.45, 7) is 6.29. The first-order chi connectivity index (χ1) is 10.5. The Morgan fingerprint density at radius 3 is 2.39 bits per heavy atom. The van der Waals surface area contributed by atoms with Gasteiger partial charge in [-0.25, -0.2) is 8.42 Å². The van der Waals surface area contributed by atoms with E-state index in [0.29, 0.717) is 29.9 Å². The van der Waals surface area contributed by atoms with Crippen molar-refractivity contribution < 1.29 is 8.42 Å². The smallest absolute Gasteiger partial charge is 0.243 e. The van der Waals surface area contributed by atoms with Crippen LogP contribution in [0.5, 0.6) is 0 Å². The summed E-state index contributed by atoms with van der Waals surface area (Å²) < 4.78 is 27.4. The van der Waals surface area contributed by atoms with Gasteiger partial charge < -0.3 is 5.32 Å². The highest BCUT2D eigenvalue weighted by Gasteiger charge is 2.33. The topological polar surface area (TPSA) is 49.4 Å². The second kappa shape index (κ2) is 7.51. The summed E-state index contributed by atoms with van der Waals surface area (Å²) in [7, 11) is -3.34. The minimum atomic E-state index is -3.34. The van der Waals surface area contributed by atoms with Crippen LogP contribution < -0.4 is 5.32 Å². The van der Waals surface area contributed by atoms with Crippen LogP contribution in [0.4, 0.5) is 0 Å². The SMILES string of the molecule is Cc1ccc(S(=O)(=O)N2CCC(C3CCCN3)CC2)c(C)c1.Cl. The van der Waals surface area contributed by atoms with Gasteiger partial charge in [0.25, 0.3) is 0 Å². The van der Waals surface area contributed by atoms with Crippen LogP contribution >= 0.6 is 12.4 Å². The molecule has 1 N–H and O–H groups in total. The highest BCUT2D eigenvalue weighted by atomic mass is 35.5. The maximum Gasteiger partial charge on any atom is 0.243 e. The number of benzene rings is 1. The zero-order valence-corrected chi connectivity index (χ0v) is 15.5. The van der Waals surface area contributed by atoms with Gasteiger partial charge in [-0.1, -0.05) is 17.7 Å². The van der Waals surface area contributed by atoms with Gasteiger partial charge >= 0.3 is 0 Å². The van der Waals surface area contributed by atoms with Gasteiger partial charge in [0.05, 0.1) is 4.90 Å². The Labute approximate surface area is 146 Å². The predicted octanol–water partition coefficient (Wildman–Crippen LogP) is 2.88. The van der Waals surface area contributed by atoms with Gasteiger partial charge in [0.1, 0.15) is 0 Å². The Morgan fingerprint density at radius 1 is 1.13 bits per heavy atom. The molecule has 0 bridgehead atoms. The normalized spacial score (nSPS) is 23.7. The highest BCUT2D eigenvalue weighted by Crippen LogP contribution is 2.29. The molecule has 2 heterocycles. The van der Waals surface area contributed by atoms with Crippen LogP contribution in [0.3, 0.4) is 0 Å². The minimum Gasteiger partial charge on any atom is -0.314 e. The molecule has 0 radical (unpaired) electrons. The van der Waals surface area contributed by atoms with Crippen molar-refractivity contribution in [3.8, 4) is 0 Å². The summed E-state index contributed by atoms with van der Waals surface area (Å²) in [4.78, 5) is 0.468. The average Bonchev–Trinajstić information content (AvgIpc) is 3.01. The molecule has 130 valence electrons. The molecule has 4 nitrogen and oxygen atoms in total. The Kier molecular flexibility index (Phi) is 6.11. The lowest BCUT2D eigenvalue weighted by Gasteiger charge is -2.34. The molecular formula is C17H27ClN2O2S. The van der Waals surface area contributed by atoms with Crippen LogP contribution in [0.15, 0.2) is 23.1 Å². The Bertz CT molecular complexity index is 634. The molecule has 1 aromatic rings. The molecule has 1 atom stereocenters. The molecule has 6 heteroatoms. The number of hydrogen-bond acceptors (Lipinski definition) is 3. The molecule has 0 spiro atoms. The lowest BCUT2D eigenvalue weighted by atomic mass is 9.89. The van der Waals surface area contributed by atoms with E-state index in [-0.39, 0.29) is 12.4 Å². The van der Waals surface area contributed by atoms with E-state index in [2.05, 4.69) is 5.32 Å². The van der Waals surface area contributed by atoms with Gasteiger partial charge in [-0.05, 0) is 63.6 Å². The van der Waals surface area contributed by atoms with Crippen molar-refractivity contribution in [1.29, 1.82) is 0 Å². The van der Waals surface area contributed by atoms with Crippen LogP contribution in [-0.2, 0) is 10.0 Å². The van der Waals surface area contributed by atoms with E-state index >= 15 is 0 Å². The maximum atomic E-state index is 12.9. The van der Waals surface area contributed by atoms with Crippen LogP contribution in [0, 0.1) is 19.8 Å². The van der Waals surface area contributed by atoms with Crippen molar-refractivity contribution in [2.75, 3.05) is 19.6 Å². The molecule has 2 aliphatic heterocycles. The van der Waals surface area contributed by atoms with E-state index in [1.165, 1.54) is 12.8 Å². The number of piperidine rings is 1. The van der Waals surface area contributed by atoms with E-state index < -0.39 is 10.0 Å². The van der Waals surface area contributed by atoms with Crippen molar-refractivity contribution in [3.63, 3.8) is 0 Å². The third kappa shape index (κ3) is 3.90. The number of hydrogen-bond donors (Lipinski definition) is 1. The molecule has 0 aromatic heterocycles. The third-order valence-corrected chi connectivity index (χ3v) is 7.17. The van der Waals surface area contributed by atoms with Crippen molar-refractivity contribution in [1.82, 2.24) is 9.62 Å².